The predicted molar refractivity (Wildman–Crippen MR) is 96.4 cm³/mol. The molecule has 0 spiro atoms. The lowest BCUT2D eigenvalue weighted by atomic mass is 9.95. The fourth-order valence-electron chi connectivity index (χ4n) is 3.60. The number of imidazole rings is 1. The maximum absolute atomic E-state index is 5.44. The monoisotopic (exact) mass is 334 g/mol. The second-order valence-corrected chi connectivity index (χ2v) is 6.36. The van der Waals surface area contributed by atoms with Crippen molar-refractivity contribution in [2.24, 2.45) is 0 Å². The number of pyridine rings is 1. The van der Waals surface area contributed by atoms with Crippen LogP contribution in [0.4, 0.5) is 0 Å². The summed E-state index contributed by atoms with van der Waals surface area (Å²) in [6, 6.07) is 14.9. The maximum Gasteiger partial charge on any atom is 0.217 e. The number of fused-ring (bicyclic) bond motifs is 1. The first kappa shape index (κ1) is 15.8. The molecule has 1 atom stereocenters. The number of aromatic nitrogens is 3. The molecule has 2 aromatic heterocycles. The third kappa shape index (κ3) is 3.28. The Hall–Kier alpha value is -2.66. The largest absolute Gasteiger partial charge is 0.481 e. The van der Waals surface area contributed by atoms with Crippen molar-refractivity contribution in [3.05, 3.63) is 77.5 Å². The van der Waals surface area contributed by atoms with Gasteiger partial charge in [-0.05, 0) is 18.1 Å². The van der Waals surface area contributed by atoms with Crippen LogP contribution in [0.1, 0.15) is 28.6 Å². The van der Waals surface area contributed by atoms with Crippen molar-refractivity contribution >= 4 is 0 Å². The van der Waals surface area contributed by atoms with Crippen molar-refractivity contribution in [2.45, 2.75) is 25.4 Å². The Morgan fingerprint density at radius 2 is 2.04 bits per heavy atom. The van der Waals surface area contributed by atoms with Crippen molar-refractivity contribution < 1.29 is 4.74 Å². The Kier molecular flexibility index (Phi) is 4.48. The number of hydrogen-bond donors (Lipinski definition) is 1. The first-order chi connectivity index (χ1) is 12.3. The van der Waals surface area contributed by atoms with Crippen molar-refractivity contribution in [2.75, 3.05) is 13.7 Å². The molecule has 4 rings (SSSR count). The molecule has 1 aliphatic rings. The lowest BCUT2D eigenvalue weighted by Gasteiger charge is -2.35. The van der Waals surface area contributed by atoms with Crippen LogP contribution in [0, 0.1) is 0 Å². The maximum atomic E-state index is 5.44. The van der Waals surface area contributed by atoms with Gasteiger partial charge < -0.3 is 9.72 Å². The molecule has 0 bridgehead atoms. The van der Waals surface area contributed by atoms with Crippen LogP contribution in [0.15, 0.2) is 55.0 Å². The lowest BCUT2D eigenvalue weighted by Crippen LogP contribution is -2.36. The quantitative estimate of drug-likeness (QED) is 0.779. The summed E-state index contributed by atoms with van der Waals surface area (Å²) in [5.74, 6) is 0.703. The van der Waals surface area contributed by atoms with Gasteiger partial charge in [0, 0.05) is 37.0 Å². The highest BCUT2D eigenvalue weighted by Crippen LogP contribution is 2.32. The zero-order chi connectivity index (χ0) is 17.1. The van der Waals surface area contributed by atoms with Crippen molar-refractivity contribution in [3.8, 4) is 5.88 Å². The van der Waals surface area contributed by atoms with E-state index in [1.165, 1.54) is 11.3 Å². The second-order valence-electron chi connectivity index (χ2n) is 6.36. The molecule has 1 aromatic carbocycles. The van der Waals surface area contributed by atoms with Gasteiger partial charge in [0.2, 0.25) is 5.88 Å². The van der Waals surface area contributed by atoms with Gasteiger partial charge in [-0.25, -0.2) is 9.97 Å². The summed E-state index contributed by atoms with van der Waals surface area (Å²) in [5, 5.41) is 0. The third-order valence-corrected chi connectivity index (χ3v) is 4.85. The Balaban J connectivity index is 1.63. The summed E-state index contributed by atoms with van der Waals surface area (Å²) in [7, 11) is 1.68. The smallest absolute Gasteiger partial charge is 0.217 e. The van der Waals surface area contributed by atoms with Crippen LogP contribution in [-0.4, -0.2) is 33.5 Å². The van der Waals surface area contributed by atoms with E-state index in [1.54, 1.807) is 13.3 Å². The van der Waals surface area contributed by atoms with E-state index in [2.05, 4.69) is 56.3 Å². The van der Waals surface area contributed by atoms with Crippen molar-refractivity contribution in [3.63, 3.8) is 0 Å². The summed E-state index contributed by atoms with van der Waals surface area (Å²) < 4.78 is 5.44. The number of aromatic amines is 1. The number of rotatable bonds is 5. The number of ether oxygens (including phenoxy) is 1. The first-order valence-corrected chi connectivity index (χ1v) is 8.63. The minimum absolute atomic E-state index is 0.252. The standard InChI is InChI=1S/C20H22N4O/c1-25-20-16(8-5-10-21-20)13-24-11-9-17-19(23-14-22-17)18(24)12-15-6-3-2-4-7-15/h2-8,10,14,18H,9,11-13H2,1H3,(H,22,23). The van der Waals surface area contributed by atoms with Gasteiger partial charge in [-0.1, -0.05) is 36.4 Å². The number of hydrogen-bond acceptors (Lipinski definition) is 4. The highest BCUT2D eigenvalue weighted by Gasteiger charge is 2.30. The zero-order valence-electron chi connectivity index (χ0n) is 14.4. The third-order valence-electron chi connectivity index (χ3n) is 4.85. The molecule has 128 valence electrons. The molecule has 0 fully saturated rings. The van der Waals surface area contributed by atoms with Gasteiger partial charge >= 0.3 is 0 Å². The molecule has 0 amide bonds. The summed E-state index contributed by atoms with van der Waals surface area (Å²) in [4.78, 5) is 14.7. The molecule has 3 aromatic rings. The Morgan fingerprint density at radius 3 is 2.88 bits per heavy atom. The summed E-state index contributed by atoms with van der Waals surface area (Å²) in [5.41, 5.74) is 4.86. The van der Waals surface area contributed by atoms with Gasteiger partial charge in [-0.15, -0.1) is 0 Å². The van der Waals surface area contributed by atoms with Crippen LogP contribution < -0.4 is 4.74 Å². The summed E-state index contributed by atoms with van der Waals surface area (Å²) >= 11 is 0. The van der Waals surface area contributed by atoms with Crippen LogP contribution in [-0.2, 0) is 19.4 Å². The first-order valence-electron chi connectivity index (χ1n) is 8.63. The van der Waals surface area contributed by atoms with Gasteiger partial charge in [-0.3, -0.25) is 4.90 Å². The Bertz CT molecular complexity index is 830. The average Bonchev–Trinajstić information content (AvgIpc) is 3.14. The summed E-state index contributed by atoms with van der Waals surface area (Å²) in [6.07, 6.45) is 5.52. The van der Waals surface area contributed by atoms with Crippen LogP contribution in [0.5, 0.6) is 5.88 Å². The molecule has 3 heterocycles. The molecule has 1 N–H and O–H groups in total. The predicted octanol–water partition coefficient (Wildman–Crippen LogP) is 3.16. The average molecular weight is 334 g/mol. The number of benzene rings is 1. The van der Waals surface area contributed by atoms with E-state index in [1.807, 2.05) is 12.4 Å². The molecule has 5 heteroatoms. The molecular formula is C20H22N4O. The van der Waals surface area contributed by atoms with Gasteiger partial charge in [0.05, 0.1) is 25.2 Å². The van der Waals surface area contributed by atoms with E-state index < -0.39 is 0 Å². The molecule has 1 unspecified atom stereocenters. The second kappa shape index (κ2) is 7.07. The topological polar surface area (TPSA) is 54.0 Å². The SMILES string of the molecule is COc1ncccc1CN1CCc2[nH]cnc2C1Cc1ccccc1. The van der Waals surface area contributed by atoms with Crippen molar-refractivity contribution in [1.82, 2.24) is 19.9 Å². The van der Waals surface area contributed by atoms with Crippen molar-refractivity contribution in [1.29, 1.82) is 0 Å². The van der Waals surface area contributed by atoms with Crippen LogP contribution in [0.2, 0.25) is 0 Å². The highest BCUT2D eigenvalue weighted by atomic mass is 16.5. The minimum atomic E-state index is 0.252. The normalized spacial score (nSPS) is 17.2. The van der Waals surface area contributed by atoms with E-state index in [9.17, 15) is 0 Å². The minimum Gasteiger partial charge on any atom is -0.481 e. The molecule has 0 aliphatic carbocycles. The van der Waals surface area contributed by atoms with Crippen LogP contribution in [0.25, 0.3) is 0 Å². The number of H-pyrrole nitrogens is 1. The number of nitrogens with zero attached hydrogens (tertiary/aromatic N) is 3. The summed E-state index contributed by atoms with van der Waals surface area (Å²) in [6.45, 7) is 1.80. The molecule has 25 heavy (non-hydrogen) atoms. The van der Waals surface area contributed by atoms with Gasteiger partial charge in [0.25, 0.3) is 0 Å². The van der Waals surface area contributed by atoms with E-state index in [4.69, 9.17) is 4.74 Å². The molecule has 5 nitrogen and oxygen atoms in total. The Labute approximate surface area is 147 Å². The molecule has 0 radical (unpaired) electrons. The molecule has 0 saturated carbocycles. The van der Waals surface area contributed by atoms with Gasteiger partial charge in [0.15, 0.2) is 0 Å². The molecule has 0 saturated heterocycles. The molecular weight excluding hydrogens is 312 g/mol. The number of nitrogens with one attached hydrogen (secondary N) is 1. The van der Waals surface area contributed by atoms with Crippen LogP contribution in [0.3, 0.4) is 0 Å². The molecule has 1 aliphatic heterocycles. The fourth-order valence-corrected chi connectivity index (χ4v) is 3.60. The highest BCUT2D eigenvalue weighted by molar-refractivity contribution is 5.28. The van der Waals surface area contributed by atoms with E-state index in [-0.39, 0.29) is 6.04 Å². The van der Waals surface area contributed by atoms with E-state index >= 15 is 0 Å². The van der Waals surface area contributed by atoms with Gasteiger partial charge in [0.1, 0.15) is 0 Å². The van der Waals surface area contributed by atoms with Gasteiger partial charge in [-0.2, -0.15) is 0 Å². The zero-order valence-corrected chi connectivity index (χ0v) is 14.4. The van der Waals surface area contributed by atoms with E-state index in [0.29, 0.717) is 5.88 Å². The number of methoxy groups -OCH3 is 1. The fraction of sp³-hybridized carbons (Fsp3) is 0.300. The van der Waals surface area contributed by atoms with E-state index in [0.717, 1.165) is 37.2 Å². The van der Waals surface area contributed by atoms with Crippen LogP contribution >= 0.6 is 0 Å². The Morgan fingerprint density at radius 1 is 1.16 bits per heavy atom. The lowest BCUT2D eigenvalue weighted by molar-refractivity contribution is 0.168.